The first-order valence-corrected chi connectivity index (χ1v) is 7.46. The summed E-state index contributed by atoms with van der Waals surface area (Å²) < 4.78 is 105. The summed E-state index contributed by atoms with van der Waals surface area (Å²) >= 11 is 0. The molecule has 0 aromatic heterocycles. The van der Waals surface area contributed by atoms with E-state index >= 15 is 0 Å². The summed E-state index contributed by atoms with van der Waals surface area (Å²) in [5.41, 5.74) is -7.17. The normalized spacial score (nSPS) is 14.5. The molecule has 0 unspecified atom stereocenters. The fourth-order valence-electron chi connectivity index (χ4n) is 2.30. The summed E-state index contributed by atoms with van der Waals surface area (Å²) in [5, 5.41) is 11.5. The number of amides is 1. The minimum absolute atomic E-state index is 0.320. The van der Waals surface area contributed by atoms with Crippen LogP contribution in [0.4, 0.5) is 35.1 Å². The summed E-state index contributed by atoms with van der Waals surface area (Å²) in [6, 6.07) is 3.38. The van der Waals surface area contributed by atoms with Crippen molar-refractivity contribution in [3.8, 4) is 0 Å². The number of carbonyl (C=O) groups is 1. The van der Waals surface area contributed by atoms with Gasteiger partial charge in [-0.15, -0.1) is 0 Å². The van der Waals surface area contributed by atoms with E-state index in [1.54, 1.807) is 5.32 Å². The van der Waals surface area contributed by atoms with Gasteiger partial charge >= 0.3 is 12.4 Å². The molecule has 0 radical (unpaired) electrons. The molecule has 28 heavy (non-hydrogen) atoms. The number of halogens is 8. The van der Waals surface area contributed by atoms with E-state index < -0.39 is 58.7 Å². The van der Waals surface area contributed by atoms with Gasteiger partial charge in [0.25, 0.3) is 11.5 Å². The molecule has 0 aliphatic rings. The van der Waals surface area contributed by atoms with Crippen LogP contribution in [-0.2, 0) is 23.1 Å². The van der Waals surface area contributed by atoms with Crippen molar-refractivity contribution in [2.24, 2.45) is 0 Å². The van der Waals surface area contributed by atoms with Crippen molar-refractivity contribution in [3.05, 3.63) is 70.8 Å². The molecule has 2 rings (SSSR count). The molecular formula is C17H11F8NO2. The van der Waals surface area contributed by atoms with Gasteiger partial charge in [0.05, 0.1) is 5.56 Å². The van der Waals surface area contributed by atoms with E-state index in [4.69, 9.17) is 0 Å². The van der Waals surface area contributed by atoms with Crippen LogP contribution in [0.15, 0.2) is 42.5 Å². The van der Waals surface area contributed by atoms with Crippen molar-refractivity contribution >= 4 is 5.91 Å². The van der Waals surface area contributed by atoms with Crippen molar-refractivity contribution in [3.63, 3.8) is 0 Å². The lowest BCUT2D eigenvalue weighted by Crippen LogP contribution is -2.54. The summed E-state index contributed by atoms with van der Waals surface area (Å²) in [6.07, 6.45) is -10.4. The van der Waals surface area contributed by atoms with Gasteiger partial charge in [0.2, 0.25) is 0 Å². The van der Waals surface area contributed by atoms with Gasteiger partial charge in [-0.1, -0.05) is 12.1 Å². The number of alkyl halides is 6. The van der Waals surface area contributed by atoms with Crippen LogP contribution in [0.5, 0.6) is 0 Å². The molecule has 152 valence electrons. The number of hydrogen-bond donors (Lipinski definition) is 2. The Morgan fingerprint density at radius 1 is 0.893 bits per heavy atom. The molecule has 1 atom stereocenters. The van der Waals surface area contributed by atoms with E-state index in [-0.39, 0.29) is 0 Å². The highest BCUT2D eigenvalue weighted by atomic mass is 19.4. The van der Waals surface area contributed by atoms with Gasteiger partial charge in [-0.05, 0) is 30.3 Å². The smallest absolute Gasteiger partial charge is 0.369 e. The van der Waals surface area contributed by atoms with Gasteiger partial charge < -0.3 is 10.4 Å². The average Bonchev–Trinajstić information content (AvgIpc) is 2.58. The second kappa shape index (κ2) is 7.38. The quantitative estimate of drug-likeness (QED) is 0.744. The minimum Gasteiger partial charge on any atom is -0.369 e. The fraction of sp³-hybridized carbons (Fsp3) is 0.235. The Labute approximate surface area is 152 Å². The van der Waals surface area contributed by atoms with Crippen molar-refractivity contribution in [1.82, 2.24) is 5.32 Å². The van der Waals surface area contributed by atoms with Crippen LogP contribution in [0.2, 0.25) is 0 Å². The Hall–Kier alpha value is -2.69. The second-order valence-corrected chi connectivity index (χ2v) is 5.70. The molecule has 0 fully saturated rings. The average molecular weight is 413 g/mol. The first-order valence-electron chi connectivity index (χ1n) is 7.46. The molecule has 3 nitrogen and oxygen atoms in total. The summed E-state index contributed by atoms with van der Waals surface area (Å²) in [6.45, 7) is -1.06. The fourth-order valence-corrected chi connectivity index (χ4v) is 2.30. The third-order valence-electron chi connectivity index (χ3n) is 3.81. The summed E-state index contributed by atoms with van der Waals surface area (Å²) in [7, 11) is 0. The van der Waals surface area contributed by atoms with Crippen LogP contribution < -0.4 is 5.32 Å². The van der Waals surface area contributed by atoms with Crippen LogP contribution in [-0.4, -0.2) is 17.2 Å². The van der Waals surface area contributed by atoms with Crippen molar-refractivity contribution < 1.29 is 45.0 Å². The van der Waals surface area contributed by atoms with E-state index in [1.807, 2.05) is 0 Å². The molecule has 0 saturated heterocycles. The standard InChI is InChI=1S/C17H11F8NO2/c18-12-4-1-10(2-5-12)15(28,17(23,24)25)14(27)26-8-9-7-11(16(20,21)22)3-6-13(9)19/h1-7,28H,8H2,(H,26,27)/t15-/m1/s1. The zero-order valence-corrected chi connectivity index (χ0v) is 13.6. The summed E-state index contributed by atoms with van der Waals surface area (Å²) in [5.74, 6) is -4.20. The zero-order valence-electron chi connectivity index (χ0n) is 13.6. The summed E-state index contributed by atoms with van der Waals surface area (Å²) in [4.78, 5) is 12.0. The highest BCUT2D eigenvalue weighted by molar-refractivity contribution is 5.87. The molecule has 0 spiro atoms. The molecule has 0 aliphatic carbocycles. The second-order valence-electron chi connectivity index (χ2n) is 5.70. The zero-order chi connectivity index (χ0) is 21.3. The molecule has 0 saturated carbocycles. The van der Waals surface area contributed by atoms with Crippen LogP contribution in [0.3, 0.4) is 0 Å². The Bertz CT molecular complexity index is 861. The third-order valence-corrected chi connectivity index (χ3v) is 3.81. The Morgan fingerprint density at radius 3 is 1.93 bits per heavy atom. The first-order chi connectivity index (χ1) is 12.8. The van der Waals surface area contributed by atoms with Gasteiger partial charge in [0.1, 0.15) is 11.6 Å². The van der Waals surface area contributed by atoms with Gasteiger partial charge in [-0.2, -0.15) is 26.3 Å². The third kappa shape index (κ3) is 4.24. The van der Waals surface area contributed by atoms with Gasteiger partial charge in [-0.3, -0.25) is 4.79 Å². The predicted molar refractivity (Wildman–Crippen MR) is 79.6 cm³/mol. The van der Waals surface area contributed by atoms with Crippen LogP contribution in [0, 0.1) is 11.6 Å². The lowest BCUT2D eigenvalue weighted by molar-refractivity contribution is -0.257. The SMILES string of the molecule is O=C(NCc1cc(C(F)(F)F)ccc1F)[C@](O)(c1ccc(F)cc1)C(F)(F)F. The number of carbonyl (C=O) groups excluding carboxylic acids is 1. The van der Waals surface area contributed by atoms with E-state index in [0.717, 1.165) is 0 Å². The lowest BCUT2D eigenvalue weighted by Gasteiger charge is -2.29. The van der Waals surface area contributed by atoms with Crippen LogP contribution in [0.1, 0.15) is 16.7 Å². The van der Waals surface area contributed by atoms with Gasteiger partial charge in [-0.25, -0.2) is 8.78 Å². The first kappa shape index (κ1) is 21.6. The maximum atomic E-state index is 13.7. The predicted octanol–water partition coefficient (Wildman–Crippen LogP) is 4.05. The molecule has 11 heteroatoms. The number of rotatable bonds is 4. The van der Waals surface area contributed by atoms with Crippen molar-refractivity contribution in [2.45, 2.75) is 24.5 Å². The number of benzene rings is 2. The molecule has 0 bridgehead atoms. The molecule has 0 heterocycles. The largest absolute Gasteiger partial charge is 0.430 e. The molecular weight excluding hydrogens is 402 g/mol. The maximum Gasteiger partial charge on any atom is 0.430 e. The van der Waals surface area contributed by atoms with Crippen LogP contribution in [0.25, 0.3) is 0 Å². The maximum absolute atomic E-state index is 13.7. The van der Waals surface area contributed by atoms with E-state index in [0.29, 0.717) is 42.5 Å². The van der Waals surface area contributed by atoms with E-state index in [1.165, 1.54) is 0 Å². The molecule has 1 amide bonds. The van der Waals surface area contributed by atoms with Crippen molar-refractivity contribution in [1.29, 1.82) is 0 Å². The highest BCUT2D eigenvalue weighted by Crippen LogP contribution is 2.39. The molecule has 2 aromatic carbocycles. The topological polar surface area (TPSA) is 49.3 Å². The van der Waals surface area contributed by atoms with Gasteiger partial charge in [0.15, 0.2) is 0 Å². The Kier molecular flexibility index (Phi) is 5.69. The molecule has 2 aromatic rings. The van der Waals surface area contributed by atoms with Gasteiger partial charge in [0, 0.05) is 17.7 Å². The number of hydrogen-bond acceptors (Lipinski definition) is 2. The number of nitrogens with one attached hydrogen (secondary N) is 1. The Balaban J connectivity index is 2.32. The van der Waals surface area contributed by atoms with E-state index in [2.05, 4.69) is 0 Å². The Morgan fingerprint density at radius 2 is 1.43 bits per heavy atom. The highest BCUT2D eigenvalue weighted by Gasteiger charge is 2.60. The molecule has 0 aliphatic heterocycles. The minimum atomic E-state index is -5.55. The number of aliphatic hydroxyl groups is 1. The van der Waals surface area contributed by atoms with Crippen LogP contribution >= 0.6 is 0 Å². The van der Waals surface area contributed by atoms with E-state index in [9.17, 15) is 45.0 Å². The lowest BCUT2D eigenvalue weighted by atomic mass is 9.92. The molecule has 2 N–H and O–H groups in total. The monoisotopic (exact) mass is 413 g/mol. The van der Waals surface area contributed by atoms with Crippen molar-refractivity contribution in [2.75, 3.05) is 0 Å².